The zero-order valence-corrected chi connectivity index (χ0v) is 11.2. The number of thiazole rings is 1. The molecular weight excluding hydrogens is 251 g/mol. The van der Waals surface area contributed by atoms with Crippen LogP contribution < -0.4 is 10.6 Å². The first-order chi connectivity index (χ1) is 8.63. The van der Waals surface area contributed by atoms with Gasteiger partial charge in [-0.25, -0.2) is 14.4 Å². The third-order valence-electron chi connectivity index (χ3n) is 2.76. The lowest BCUT2D eigenvalue weighted by atomic mass is 10.2. The van der Waals surface area contributed by atoms with Crippen LogP contribution in [0.15, 0.2) is 17.8 Å². The summed E-state index contributed by atoms with van der Waals surface area (Å²) in [6.07, 6.45) is 1.58. The van der Waals surface area contributed by atoms with E-state index in [4.69, 9.17) is 5.73 Å². The second-order valence-corrected chi connectivity index (χ2v) is 4.97. The number of anilines is 1. The lowest BCUT2D eigenvalue weighted by molar-refractivity contribution is 0.598. The molecule has 18 heavy (non-hydrogen) atoms. The number of hydrogen-bond donors (Lipinski definition) is 1. The van der Waals surface area contributed by atoms with Gasteiger partial charge in [0.25, 0.3) is 0 Å². The van der Waals surface area contributed by atoms with Crippen LogP contribution in [0.25, 0.3) is 0 Å². The third-order valence-corrected chi connectivity index (χ3v) is 3.68. The van der Waals surface area contributed by atoms with Crippen LogP contribution in [0.2, 0.25) is 0 Å². The molecule has 0 atom stereocenters. The second kappa shape index (κ2) is 5.41. The molecular formula is C12H15FN4S. The summed E-state index contributed by atoms with van der Waals surface area (Å²) in [6.45, 7) is 2.71. The van der Waals surface area contributed by atoms with Crippen molar-refractivity contribution in [3.05, 3.63) is 39.7 Å². The molecule has 0 aliphatic rings. The fraction of sp³-hybridized carbons (Fsp3) is 0.333. The normalized spacial score (nSPS) is 10.7. The number of hydrogen-bond acceptors (Lipinski definition) is 5. The van der Waals surface area contributed by atoms with Crippen molar-refractivity contribution >= 4 is 17.2 Å². The van der Waals surface area contributed by atoms with Crippen molar-refractivity contribution in [3.8, 4) is 0 Å². The summed E-state index contributed by atoms with van der Waals surface area (Å²) in [7, 11) is 1.81. The van der Waals surface area contributed by atoms with E-state index in [0.29, 0.717) is 17.9 Å². The Balaban J connectivity index is 2.24. The van der Waals surface area contributed by atoms with Crippen molar-refractivity contribution in [2.45, 2.75) is 20.0 Å². The first-order valence-corrected chi connectivity index (χ1v) is 6.45. The monoisotopic (exact) mass is 266 g/mol. The number of aryl methyl sites for hydroxylation is 1. The zero-order valence-electron chi connectivity index (χ0n) is 10.4. The summed E-state index contributed by atoms with van der Waals surface area (Å²) < 4.78 is 14.1. The van der Waals surface area contributed by atoms with Crippen LogP contribution in [-0.4, -0.2) is 17.0 Å². The molecule has 0 saturated carbocycles. The Kier molecular flexibility index (Phi) is 3.88. The molecule has 0 bridgehead atoms. The summed E-state index contributed by atoms with van der Waals surface area (Å²) in [5, 5.41) is 0. The average molecular weight is 266 g/mol. The maximum absolute atomic E-state index is 14.1. The summed E-state index contributed by atoms with van der Waals surface area (Å²) in [6, 6.07) is 1.60. The molecule has 2 heterocycles. The molecule has 0 aromatic carbocycles. The van der Waals surface area contributed by atoms with E-state index >= 15 is 0 Å². The number of rotatable bonds is 4. The van der Waals surface area contributed by atoms with E-state index < -0.39 is 0 Å². The van der Waals surface area contributed by atoms with Crippen molar-refractivity contribution in [1.29, 1.82) is 0 Å². The number of nitrogens with zero attached hydrogens (tertiary/aromatic N) is 3. The van der Waals surface area contributed by atoms with E-state index in [1.807, 2.05) is 14.0 Å². The standard InChI is InChI=1S/C12H15FN4S/c1-8-10(18-7-16-8)6-17(2)12-11(13)9(5-14)3-4-15-12/h3-4,7H,5-6,14H2,1-2H3. The molecule has 0 aliphatic heterocycles. The zero-order chi connectivity index (χ0) is 13.1. The summed E-state index contributed by atoms with van der Waals surface area (Å²) >= 11 is 1.56. The van der Waals surface area contributed by atoms with Crippen LogP contribution in [0.4, 0.5) is 10.2 Å². The van der Waals surface area contributed by atoms with E-state index in [1.54, 1.807) is 34.0 Å². The topological polar surface area (TPSA) is 55.0 Å². The minimum Gasteiger partial charge on any atom is -0.352 e. The quantitative estimate of drug-likeness (QED) is 0.920. The van der Waals surface area contributed by atoms with Gasteiger partial charge in [0.1, 0.15) is 0 Å². The molecule has 0 saturated heterocycles. The van der Waals surface area contributed by atoms with Crippen LogP contribution in [0, 0.1) is 12.7 Å². The van der Waals surface area contributed by atoms with Crippen LogP contribution in [-0.2, 0) is 13.1 Å². The molecule has 2 N–H and O–H groups in total. The van der Waals surface area contributed by atoms with Gasteiger partial charge < -0.3 is 10.6 Å². The minimum atomic E-state index is -0.343. The SMILES string of the molecule is Cc1ncsc1CN(C)c1nccc(CN)c1F. The van der Waals surface area contributed by atoms with Gasteiger partial charge in [-0.1, -0.05) is 0 Å². The van der Waals surface area contributed by atoms with Crippen LogP contribution in [0.5, 0.6) is 0 Å². The van der Waals surface area contributed by atoms with Crippen molar-refractivity contribution in [3.63, 3.8) is 0 Å². The first-order valence-electron chi connectivity index (χ1n) is 5.57. The van der Waals surface area contributed by atoms with Crippen LogP contribution >= 0.6 is 11.3 Å². The molecule has 0 amide bonds. The number of nitrogens with two attached hydrogens (primary N) is 1. The van der Waals surface area contributed by atoms with E-state index in [2.05, 4.69) is 9.97 Å². The number of pyridine rings is 1. The fourth-order valence-corrected chi connectivity index (χ4v) is 2.49. The Bertz CT molecular complexity index is 541. The van der Waals surface area contributed by atoms with Gasteiger partial charge in [0.05, 0.1) is 17.7 Å². The van der Waals surface area contributed by atoms with E-state index in [9.17, 15) is 4.39 Å². The van der Waals surface area contributed by atoms with Gasteiger partial charge in [0.2, 0.25) is 0 Å². The third kappa shape index (κ3) is 2.49. The minimum absolute atomic E-state index is 0.175. The molecule has 96 valence electrons. The highest BCUT2D eigenvalue weighted by Gasteiger charge is 2.14. The van der Waals surface area contributed by atoms with E-state index in [0.717, 1.165) is 10.6 Å². The largest absolute Gasteiger partial charge is 0.352 e. The predicted octanol–water partition coefficient (Wildman–Crippen LogP) is 2.08. The van der Waals surface area contributed by atoms with Gasteiger partial charge in [-0.3, -0.25) is 0 Å². The van der Waals surface area contributed by atoms with Crippen LogP contribution in [0.3, 0.4) is 0 Å². The molecule has 2 aromatic rings. The van der Waals surface area contributed by atoms with Crippen molar-refractivity contribution in [1.82, 2.24) is 9.97 Å². The molecule has 0 spiro atoms. The Morgan fingerprint density at radius 3 is 2.83 bits per heavy atom. The summed E-state index contributed by atoms with van der Waals surface area (Å²) in [5.74, 6) is -0.0181. The molecule has 0 radical (unpaired) electrons. The van der Waals surface area contributed by atoms with E-state index in [-0.39, 0.29) is 12.4 Å². The van der Waals surface area contributed by atoms with Gasteiger partial charge in [0, 0.05) is 30.2 Å². The predicted molar refractivity (Wildman–Crippen MR) is 71.0 cm³/mol. The average Bonchev–Trinajstić information content (AvgIpc) is 2.75. The summed E-state index contributed by atoms with van der Waals surface area (Å²) in [4.78, 5) is 11.1. The van der Waals surface area contributed by atoms with Gasteiger partial charge in [0.15, 0.2) is 11.6 Å². The number of halogens is 1. The van der Waals surface area contributed by atoms with Crippen molar-refractivity contribution < 1.29 is 4.39 Å². The molecule has 0 fully saturated rings. The smallest absolute Gasteiger partial charge is 0.170 e. The molecule has 2 rings (SSSR count). The summed E-state index contributed by atoms with van der Waals surface area (Å²) in [5.41, 5.74) is 8.73. The number of aromatic nitrogens is 2. The second-order valence-electron chi connectivity index (χ2n) is 4.03. The maximum atomic E-state index is 14.1. The van der Waals surface area contributed by atoms with Gasteiger partial charge in [-0.2, -0.15) is 0 Å². The Morgan fingerprint density at radius 1 is 1.44 bits per heavy atom. The Labute approximate surface area is 109 Å². The highest BCUT2D eigenvalue weighted by molar-refractivity contribution is 7.09. The van der Waals surface area contributed by atoms with Gasteiger partial charge >= 0.3 is 0 Å². The first kappa shape index (κ1) is 12.9. The fourth-order valence-electron chi connectivity index (χ4n) is 1.66. The van der Waals surface area contributed by atoms with Crippen LogP contribution in [0.1, 0.15) is 16.1 Å². The Morgan fingerprint density at radius 2 is 2.22 bits per heavy atom. The van der Waals surface area contributed by atoms with Gasteiger partial charge in [-0.05, 0) is 13.0 Å². The Hall–Kier alpha value is -1.53. The van der Waals surface area contributed by atoms with E-state index in [1.165, 1.54) is 0 Å². The highest BCUT2D eigenvalue weighted by Crippen LogP contribution is 2.22. The van der Waals surface area contributed by atoms with Crippen molar-refractivity contribution in [2.75, 3.05) is 11.9 Å². The molecule has 0 unspecified atom stereocenters. The molecule has 4 nitrogen and oxygen atoms in total. The molecule has 0 aliphatic carbocycles. The molecule has 2 aromatic heterocycles. The lowest BCUT2D eigenvalue weighted by Crippen LogP contribution is -2.20. The van der Waals surface area contributed by atoms with Gasteiger partial charge in [-0.15, -0.1) is 11.3 Å². The molecule has 6 heteroatoms. The lowest BCUT2D eigenvalue weighted by Gasteiger charge is -2.19. The maximum Gasteiger partial charge on any atom is 0.170 e. The highest BCUT2D eigenvalue weighted by atomic mass is 32.1. The van der Waals surface area contributed by atoms with Crippen molar-refractivity contribution in [2.24, 2.45) is 5.73 Å².